The summed E-state index contributed by atoms with van der Waals surface area (Å²) in [6, 6.07) is 1.87. The molecule has 0 saturated carbocycles. The van der Waals surface area contributed by atoms with Crippen molar-refractivity contribution in [2.75, 3.05) is 12.4 Å². The molecule has 0 aliphatic rings. The first kappa shape index (κ1) is 16.9. The lowest BCUT2D eigenvalue weighted by atomic mass is 10.1. The normalized spacial score (nSPS) is 13.1. The van der Waals surface area contributed by atoms with Crippen LogP contribution in [0.25, 0.3) is 0 Å². The number of hydrogen-bond donors (Lipinski definition) is 0. The minimum absolute atomic E-state index is 0.152. The van der Waals surface area contributed by atoms with Gasteiger partial charge in [0.25, 0.3) is 0 Å². The highest BCUT2D eigenvalue weighted by Crippen LogP contribution is 2.08. The summed E-state index contributed by atoms with van der Waals surface area (Å²) >= 11 is 0. The maximum atomic E-state index is 11.7. The van der Waals surface area contributed by atoms with Crippen molar-refractivity contribution in [2.45, 2.75) is 45.3 Å². The predicted octanol–water partition coefficient (Wildman–Crippen LogP) is 1.68. The minimum Gasteiger partial charge on any atom is -0.465 e. The number of unbranched alkanes of at least 4 members (excludes halogenated alkanes) is 1. The molecule has 0 bridgehead atoms. The van der Waals surface area contributed by atoms with Crippen LogP contribution < -0.4 is 0 Å². The molecule has 0 aliphatic carbocycles. The van der Waals surface area contributed by atoms with Crippen LogP contribution in [0.3, 0.4) is 0 Å². The van der Waals surface area contributed by atoms with Crippen molar-refractivity contribution in [3.63, 3.8) is 0 Å². The molecule has 18 heavy (non-hydrogen) atoms. The van der Waals surface area contributed by atoms with E-state index in [-0.39, 0.29) is 25.2 Å². The summed E-state index contributed by atoms with van der Waals surface area (Å²) in [5, 5.41) is 7.19. The molecular formula is C12H21NO4S. The molecule has 1 unspecified atom stereocenters. The second-order valence-corrected chi connectivity index (χ2v) is 7.06. The number of ether oxygens (including phenoxy) is 1. The third kappa shape index (κ3) is 6.60. The van der Waals surface area contributed by atoms with Crippen LogP contribution in [0.15, 0.2) is 0 Å². The summed E-state index contributed by atoms with van der Waals surface area (Å²) in [4.78, 5) is 11.5. The van der Waals surface area contributed by atoms with Crippen LogP contribution in [0.2, 0.25) is 0 Å². The van der Waals surface area contributed by atoms with Gasteiger partial charge in [0.15, 0.2) is 15.1 Å². The van der Waals surface area contributed by atoms with Gasteiger partial charge in [0.2, 0.25) is 0 Å². The first-order chi connectivity index (χ1) is 8.31. The van der Waals surface area contributed by atoms with Crippen molar-refractivity contribution >= 4 is 15.8 Å². The van der Waals surface area contributed by atoms with E-state index >= 15 is 0 Å². The van der Waals surface area contributed by atoms with Crippen LogP contribution in [0.5, 0.6) is 0 Å². The van der Waals surface area contributed by atoms with Crippen molar-refractivity contribution in [2.24, 2.45) is 5.92 Å². The number of hydrogen-bond acceptors (Lipinski definition) is 5. The Morgan fingerprint density at radius 3 is 2.44 bits per heavy atom. The van der Waals surface area contributed by atoms with E-state index in [0.29, 0.717) is 12.3 Å². The zero-order valence-corrected chi connectivity index (χ0v) is 12.0. The maximum absolute atomic E-state index is 11.7. The zero-order valence-electron chi connectivity index (χ0n) is 11.2. The molecule has 6 heteroatoms. The Morgan fingerprint density at radius 1 is 1.33 bits per heavy atom. The van der Waals surface area contributed by atoms with E-state index in [9.17, 15) is 13.2 Å². The van der Waals surface area contributed by atoms with E-state index in [1.165, 1.54) is 6.92 Å². The number of nitrogens with zero attached hydrogens (tertiary/aromatic N) is 1. The number of rotatable bonds is 8. The van der Waals surface area contributed by atoms with Gasteiger partial charge in [0.1, 0.15) is 0 Å². The quantitative estimate of drug-likeness (QED) is 0.497. The van der Waals surface area contributed by atoms with Crippen LogP contribution in [-0.4, -0.2) is 32.0 Å². The van der Waals surface area contributed by atoms with Crippen molar-refractivity contribution < 1.29 is 17.9 Å². The Morgan fingerprint density at radius 2 is 1.94 bits per heavy atom. The Labute approximate surface area is 109 Å². The van der Waals surface area contributed by atoms with Crippen LogP contribution in [0.1, 0.15) is 40.0 Å². The molecule has 5 nitrogen and oxygen atoms in total. The van der Waals surface area contributed by atoms with Crippen LogP contribution >= 0.6 is 0 Å². The summed E-state index contributed by atoms with van der Waals surface area (Å²) in [6.45, 7) is 5.57. The summed E-state index contributed by atoms with van der Waals surface area (Å²) in [6.07, 6.45) is 1.14. The van der Waals surface area contributed by atoms with E-state index in [2.05, 4.69) is 0 Å². The van der Waals surface area contributed by atoms with Gasteiger partial charge in [-0.25, -0.2) is 8.42 Å². The van der Waals surface area contributed by atoms with Crippen molar-refractivity contribution in [3.8, 4) is 6.07 Å². The molecule has 0 rings (SSSR count). The number of carbonyl (C=O) groups is 1. The molecule has 104 valence electrons. The minimum atomic E-state index is -3.51. The maximum Gasteiger partial charge on any atom is 0.324 e. The Bertz CT molecular complexity index is 395. The molecule has 0 saturated heterocycles. The fourth-order valence-electron chi connectivity index (χ4n) is 1.19. The molecule has 0 fully saturated rings. The number of esters is 1. The molecule has 0 aromatic heterocycles. The molecule has 0 aromatic rings. The molecule has 0 aliphatic heterocycles. The lowest BCUT2D eigenvalue weighted by molar-refractivity contribution is -0.143. The summed E-state index contributed by atoms with van der Waals surface area (Å²) in [7, 11) is -3.51. The van der Waals surface area contributed by atoms with Gasteiger partial charge in [-0.2, -0.15) is 5.26 Å². The number of carbonyl (C=O) groups excluding carboxylic acids is 1. The number of nitriles is 1. The van der Waals surface area contributed by atoms with Gasteiger partial charge in [-0.05, 0) is 25.7 Å². The SMILES string of the molecule is CC(C)CCOC(=O)C(C)S(=O)(=O)CCCC#N. The number of sulfone groups is 1. The first-order valence-electron chi connectivity index (χ1n) is 6.06. The summed E-state index contributed by atoms with van der Waals surface area (Å²) in [5.74, 6) is -0.450. The molecule has 0 radical (unpaired) electrons. The van der Waals surface area contributed by atoms with Crippen LogP contribution in [0, 0.1) is 17.2 Å². The third-order valence-corrected chi connectivity index (χ3v) is 4.66. The highest BCUT2D eigenvalue weighted by molar-refractivity contribution is 7.92. The fraction of sp³-hybridized carbons (Fsp3) is 0.833. The van der Waals surface area contributed by atoms with Crippen molar-refractivity contribution in [1.82, 2.24) is 0 Å². The molecular weight excluding hydrogens is 254 g/mol. The molecule has 1 atom stereocenters. The Kier molecular flexibility index (Phi) is 7.60. The third-order valence-electron chi connectivity index (χ3n) is 2.53. The van der Waals surface area contributed by atoms with Crippen LogP contribution in [-0.2, 0) is 19.4 Å². The fourth-order valence-corrected chi connectivity index (χ4v) is 2.45. The Hall–Kier alpha value is -1.09. The van der Waals surface area contributed by atoms with Gasteiger partial charge >= 0.3 is 5.97 Å². The van der Waals surface area contributed by atoms with E-state index in [1.54, 1.807) is 0 Å². The second-order valence-electron chi connectivity index (χ2n) is 4.62. The van der Waals surface area contributed by atoms with Crippen molar-refractivity contribution in [1.29, 1.82) is 5.26 Å². The zero-order chi connectivity index (χ0) is 14.2. The topological polar surface area (TPSA) is 84.2 Å². The Balaban J connectivity index is 4.23. The van der Waals surface area contributed by atoms with E-state index in [4.69, 9.17) is 10.00 Å². The summed E-state index contributed by atoms with van der Waals surface area (Å²) in [5.41, 5.74) is 0. The van der Waals surface area contributed by atoms with Gasteiger partial charge in [0.05, 0.1) is 18.4 Å². The molecule has 0 spiro atoms. The van der Waals surface area contributed by atoms with E-state index in [1.807, 2.05) is 19.9 Å². The smallest absolute Gasteiger partial charge is 0.324 e. The van der Waals surface area contributed by atoms with Gasteiger partial charge < -0.3 is 4.74 Å². The van der Waals surface area contributed by atoms with E-state index in [0.717, 1.165) is 0 Å². The van der Waals surface area contributed by atoms with Gasteiger partial charge in [-0.3, -0.25) is 4.79 Å². The van der Waals surface area contributed by atoms with Gasteiger partial charge in [-0.1, -0.05) is 13.8 Å². The monoisotopic (exact) mass is 275 g/mol. The highest BCUT2D eigenvalue weighted by atomic mass is 32.2. The first-order valence-corrected chi connectivity index (χ1v) is 7.78. The lowest BCUT2D eigenvalue weighted by Crippen LogP contribution is -2.31. The standard InChI is InChI=1S/C12H21NO4S/c1-10(2)6-8-17-12(14)11(3)18(15,16)9-5-4-7-13/h10-11H,4-6,8-9H2,1-3H3. The molecule has 0 amide bonds. The molecule has 0 aromatic carbocycles. The second kappa shape index (κ2) is 8.09. The largest absolute Gasteiger partial charge is 0.465 e. The summed E-state index contributed by atoms with van der Waals surface area (Å²) < 4.78 is 28.4. The average molecular weight is 275 g/mol. The van der Waals surface area contributed by atoms with Crippen molar-refractivity contribution in [3.05, 3.63) is 0 Å². The highest BCUT2D eigenvalue weighted by Gasteiger charge is 2.28. The average Bonchev–Trinajstić information content (AvgIpc) is 2.27. The molecule has 0 N–H and O–H groups in total. The predicted molar refractivity (Wildman–Crippen MR) is 68.5 cm³/mol. The van der Waals surface area contributed by atoms with Crippen LogP contribution in [0.4, 0.5) is 0 Å². The van der Waals surface area contributed by atoms with Gasteiger partial charge in [-0.15, -0.1) is 0 Å². The molecule has 0 heterocycles. The van der Waals surface area contributed by atoms with Gasteiger partial charge in [0, 0.05) is 6.42 Å². The lowest BCUT2D eigenvalue weighted by Gasteiger charge is -2.12. The van der Waals surface area contributed by atoms with E-state index < -0.39 is 21.1 Å².